The molecule has 0 saturated heterocycles. The minimum absolute atomic E-state index is 0.0651. The first kappa shape index (κ1) is 11.5. The predicted molar refractivity (Wildman–Crippen MR) is 75.8 cm³/mol. The highest BCUT2D eigenvalue weighted by Gasteiger charge is 2.03. The summed E-state index contributed by atoms with van der Waals surface area (Å²) in [4.78, 5) is 18.8. The van der Waals surface area contributed by atoms with Crippen LogP contribution in [-0.4, -0.2) is 15.8 Å². The van der Waals surface area contributed by atoms with E-state index in [9.17, 15) is 4.79 Å². The van der Waals surface area contributed by atoms with Gasteiger partial charge in [0.05, 0.1) is 11.0 Å². The first-order valence-electron chi connectivity index (χ1n) is 6.05. The van der Waals surface area contributed by atoms with Gasteiger partial charge in [-0.15, -0.1) is 0 Å². The lowest BCUT2D eigenvalue weighted by molar-refractivity contribution is 0.101. The van der Waals surface area contributed by atoms with Crippen LogP contribution in [0.2, 0.25) is 0 Å². The molecule has 1 aromatic heterocycles. The van der Waals surface area contributed by atoms with E-state index in [1.54, 1.807) is 19.1 Å². The van der Waals surface area contributed by atoms with Crippen molar-refractivity contribution in [1.29, 1.82) is 0 Å². The Morgan fingerprint density at radius 1 is 1.11 bits per heavy atom. The Morgan fingerprint density at radius 3 is 2.53 bits per heavy atom. The zero-order chi connectivity index (χ0) is 13.2. The Balaban J connectivity index is 1.86. The van der Waals surface area contributed by atoms with Gasteiger partial charge in [-0.05, 0) is 43.3 Å². The van der Waals surface area contributed by atoms with Gasteiger partial charge in [0.25, 0.3) is 0 Å². The summed E-state index contributed by atoms with van der Waals surface area (Å²) in [5.41, 5.74) is 3.51. The zero-order valence-corrected chi connectivity index (χ0v) is 10.5. The third kappa shape index (κ3) is 2.33. The second-order valence-corrected chi connectivity index (χ2v) is 4.36. The van der Waals surface area contributed by atoms with Gasteiger partial charge < -0.3 is 10.3 Å². The number of benzene rings is 2. The van der Waals surface area contributed by atoms with Crippen LogP contribution in [0.15, 0.2) is 48.5 Å². The molecular weight excluding hydrogens is 238 g/mol. The van der Waals surface area contributed by atoms with Crippen LogP contribution >= 0.6 is 0 Å². The van der Waals surface area contributed by atoms with E-state index < -0.39 is 0 Å². The summed E-state index contributed by atoms with van der Waals surface area (Å²) >= 11 is 0. The molecule has 4 nitrogen and oxygen atoms in total. The number of hydrogen-bond donors (Lipinski definition) is 2. The Morgan fingerprint density at radius 2 is 1.84 bits per heavy atom. The van der Waals surface area contributed by atoms with Crippen molar-refractivity contribution >= 4 is 28.5 Å². The summed E-state index contributed by atoms with van der Waals surface area (Å²) in [7, 11) is 0. The first-order valence-corrected chi connectivity index (χ1v) is 6.05. The Hall–Kier alpha value is -2.62. The van der Waals surface area contributed by atoms with Crippen LogP contribution in [0.1, 0.15) is 17.3 Å². The molecule has 0 spiro atoms. The molecule has 94 valence electrons. The smallest absolute Gasteiger partial charge is 0.205 e. The maximum Gasteiger partial charge on any atom is 0.205 e. The quantitative estimate of drug-likeness (QED) is 0.700. The van der Waals surface area contributed by atoms with Gasteiger partial charge in [-0.2, -0.15) is 0 Å². The van der Waals surface area contributed by atoms with Crippen LogP contribution in [0.25, 0.3) is 11.0 Å². The number of rotatable bonds is 3. The fourth-order valence-electron chi connectivity index (χ4n) is 1.94. The number of hydrogen-bond acceptors (Lipinski definition) is 3. The normalized spacial score (nSPS) is 10.6. The van der Waals surface area contributed by atoms with Crippen LogP contribution in [0.4, 0.5) is 11.6 Å². The number of imidazole rings is 1. The maximum absolute atomic E-state index is 11.2. The molecule has 0 aliphatic rings. The number of aromatic nitrogens is 2. The van der Waals surface area contributed by atoms with Gasteiger partial charge in [-0.1, -0.05) is 12.1 Å². The highest BCUT2D eigenvalue weighted by Crippen LogP contribution is 2.18. The summed E-state index contributed by atoms with van der Waals surface area (Å²) in [6.45, 7) is 1.56. The first-order chi connectivity index (χ1) is 9.22. The summed E-state index contributed by atoms with van der Waals surface area (Å²) in [6, 6.07) is 15.2. The lowest BCUT2D eigenvalue weighted by atomic mass is 10.1. The Labute approximate surface area is 110 Å². The standard InChI is InChI=1S/C15H13N3O/c1-10(19)11-6-8-12(9-7-11)16-15-17-13-4-2-3-5-14(13)18-15/h2-9H,1H3,(H2,16,17,18). The van der Waals surface area contributed by atoms with Gasteiger partial charge in [0.15, 0.2) is 5.78 Å². The van der Waals surface area contributed by atoms with Crippen molar-refractivity contribution in [3.63, 3.8) is 0 Å². The number of H-pyrrole nitrogens is 1. The topological polar surface area (TPSA) is 57.8 Å². The van der Waals surface area contributed by atoms with Crippen LogP contribution in [0.5, 0.6) is 0 Å². The van der Waals surface area contributed by atoms with Crippen molar-refractivity contribution < 1.29 is 4.79 Å². The van der Waals surface area contributed by atoms with Crippen LogP contribution < -0.4 is 5.32 Å². The van der Waals surface area contributed by atoms with E-state index >= 15 is 0 Å². The Bertz CT molecular complexity index is 695. The Kier molecular flexibility index (Phi) is 2.76. The molecule has 0 bridgehead atoms. The molecule has 4 heteroatoms. The molecule has 19 heavy (non-hydrogen) atoms. The predicted octanol–water partition coefficient (Wildman–Crippen LogP) is 3.51. The molecule has 0 aliphatic carbocycles. The number of aromatic amines is 1. The molecule has 2 aromatic carbocycles. The van der Waals surface area contributed by atoms with Crippen molar-refractivity contribution in [3.05, 3.63) is 54.1 Å². The maximum atomic E-state index is 11.2. The molecule has 2 N–H and O–H groups in total. The molecular formula is C15H13N3O. The summed E-state index contributed by atoms with van der Waals surface area (Å²) in [6.07, 6.45) is 0. The molecule has 0 amide bonds. The van der Waals surface area contributed by atoms with E-state index in [-0.39, 0.29) is 5.78 Å². The summed E-state index contributed by atoms with van der Waals surface area (Å²) in [5.74, 6) is 0.757. The van der Waals surface area contributed by atoms with E-state index in [1.165, 1.54) is 0 Å². The van der Waals surface area contributed by atoms with E-state index in [2.05, 4.69) is 15.3 Å². The number of carbonyl (C=O) groups is 1. The zero-order valence-electron chi connectivity index (χ0n) is 10.5. The second kappa shape index (κ2) is 4.57. The highest BCUT2D eigenvalue weighted by molar-refractivity contribution is 5.94. The molecule has 1 heterocycles. The van der Waals surface area contributed by atoms with Crippen molar-refractivity contribution in [3.8, 4) is 0 Å². The van der Waals surface area contributed by atoms with Crippen molar-refractivity contribution in [2.45, 2.75) is 6.92 Å². The molecule has 0 saturated carbocycles. The van der Waals surface area contributed by atoms with Crippen LogP contribution in [0.3, 0.4) is 0 Å². The van der Waals surface area contributed by atoms with E-state index in [4.69, 9.17) is 0 Å². The van der Waals surface area contributed by atoms with E-state index in [0.717, 1.165) is 16.7 Å². The van der Waals surface area contributed by atoms with Crippen LogP contribution in [-0.2, 0) is 0 Å². The van der Waals surface area contributed by atoms with Crippen molar-refractivity contribution in [1.82, 2.24) is 9.97 Å². The van der Waals surface area contributed by atoms with E-state index in [0.29, 0.717) is 11.5 Å². The monoisotopic (exact) mass is 251 g/mol. The number of para-hydroxylation sites is 2. The molecule has 0 atom stereocenters. The lowest BCUT2D eigenvalue weighted by Gasteiger charge is -2.03. The molecule has 3 rings (SSSR count). The number of Topliss-reactive ketones (excluding diaryl/α,β-unsaturated/α-hetero) is 1. The van der Waals surface area contributed by atoms with E-state index in [1.807, 2.05) is 36.4 Å². The molecule has 3 aromatic rings. The van der Waals surface area contributed by atoms with Gasteiger partial charge in [0.1, 0.15) is 0 Å². The minimum atomic E-state index is 0.0651. The number of nitrogens with one attached hydrogen (secondary N) is 2. The van der Waals surface area contributed by atoms with Gasteiger partial charge in [-0.25, -0.2) is 4.98 Å². The fraction of sp³-hybridized carbons (Fsp3) is 0.0667. The average molecular weight is 251 g/mol. The van der Waals surface area contributed by atoms with Gasteiger partial charge >= 0.3 is 0 Å². The number of anilines is 2. The number of carbonyl (C=O) groups excluding carboxylic acids is 1. The number of nitrogens with zero attached hydrogens (tertiary/aromatic N) is 1. The number of fused-ring (bicyclic) bond motifs is 1. The third-order valence-electron chi connectivity index (χ3n) is 2.94. The summed E-state index contributed by atoms with van der Waals surface area (Å²) < 4.78 is 0. The lowest BCUT2D eigenvalue weighted by Crippen LogP contribution is -1.95. The van der Waals surface area contributed by atoms with Gasteiger partial charge in [0, 0.05) is 11.3 Å². The fourth-order valence-corrected chi connectivity index (χ4v) is 1.94. The average Bonchev–Trinajstić information content (AvgIpc) is 2.81. The molecule has 0 fully saturated rings. The molecule has 0 radical (unpaired) electrons. The van der Waals surface area contributed by atoms with Gasteiger partial charge in [0.2, 0.25) is 5.95 Å². The highest BCUT2D eigenvalue weighted by atomic mass is 16.1. The van der Waals surface area contributed by atoms with Gasteiger partial charge in [-0.3, -0.25) is 4.79 Å². The molecule has 0 unspecified atom stereocenters. The second-order valence-electron chi connectivity index (χ2n) is 4.36. The van der Waals surface area contributed by atoms with Crippen molar-refractivity contribution in [2.75, 3.05) is 5.32 Å². The van der Waals surface area contributed by atoms with Crippen molar-refractivity contribution in [2.24, 2.45) is 0 Å². The minimum Gasteiger partial charge on any atom is -0.326 e. The SMILES string of the molecule is CC(=O)c1ccc(Nc2nc3ccccc3[nH]2)cc1. The number of ketones is 1. The third-order valence-corrected chi connectivity index (χ3v) is 2.94. The molecule has 0 aliphatic heterocycles. The van der Waals surface area contributed by atoms with Crippen LogP contribution in [0, 0.1) is 0 Å². The summed E-state index contributed by atoms with van der Waals surface area (Å²) in [5, 5.41) is 3.18. The largest absolute Gasteiger partial charge is 0.326 e.